The number of nitrogens with zero attached hydrogens (tertiary/aromatic N) is 3. The number of pyridine rings is 1. The van der Waals surface area contributed by atoms with E-state index in [0.717, 1.165) is 17.7 Å². The van der Waals surface area contributed by atoms with Gasteiger partial charge in [-0.3, -0.25) is 19.3 Å². The van der Waals surface area contributed by atoms with Crippen molar-refractivity contribution in [3.8, 4) is 5.75 Å². The van der Waals surface area contributed by atoms with Crippen molar-refractivity contribution in [2.75, 3.05) is 18.9 Å². The van der Waals surface area contributed by atoms with Crippen LogP contribution in [0.3, 0.4) is 0 Å². The second-order valence-electron chi connectivity index (χ2n) is 8.53. The lowest BCUT2D eigenvalue weighted by molar-refractivity contribution is -0.142. The number of ether oxygens (including phenoxy) is 1. The highest BCUT2D eigenvalue weighted by Crippen LogP contribution is 2.41. The number of rotatable bonds is 5. The van der Waals surface area contributed by atoms with Crippen molar-refractivity contribution in [2.45, 2.75) is 50.3 Å². The van der Waals surface area contributed by atoms with Gasteiger partial charge in [-0.15, -0.1) is 0 Å². The summed E-state index contributed by atoms with van der Waals surface area (Å²) >= 11 is 0. The van der Waals surface area contributed by atoms with Crippen LogP contribution < -0.4 is 15.8 Å². The van der Waals surface area contributed by atoms with Crippen molar-refractivity contribution in [3.05, 3.63) is 17.8 Å². The third-order valence-corrected chi connectivity index (χ3v) is 6.19. The quantitative estimate of drug-likeness (QED) is 0.606. The maximum atomic E-state index is 13.4. The van der Waals surface area contributed by atoms with E-state index >= 15 is 0 Å². The average Bonchev–Trinajstić information content (AvgIpc) is 3.45. The minimum atomic E-state index is -1.51. The minimum Gasteiger partial charge on any atom is -0.472 e. The first kappa shape index (κ1) is 20.9. The monoisotopic (exact) mass is 431 g/mol. The average molecular weight is 431 g/mol. The highest BCUT2D eigenvalue weighted by Gasteiger charge is 2.57. The van der Waals surface area contributed by atoms with Crippen LogP contribution in [0, 0.1) is 12.8 Å². The van der Waals surface area contributed by atoms with E-state index in [4.69, 9.17) is 10.5 Å². The van der Waals surface area contributed by atoms with Gasteiger partial charge in [0.05, 0.1) is 6.54 Å². The summed E-state index contributed by atoms with van der Waals surface area (Å²) in [6.45, 7) is 1.56. The van der Waals surface area contributed by atoms with Crippen molar-refractivity contribution >= 4 is 29.6 Å². The lowest BCUT2D eigenvalue weighted by atomic mass is 9.97. The number of carboxylic acid groups (broad SMARTS) is 1. The van der Waals surface area contributed by atoms with Gasteiger partial charge in [-0.05, 0) is 31.4 Å². The molecule has 2 aliphatic heterocycles. The summed E-state index contributed by atoms with van der Waals surface area (Å²) in [4.78, 5) is 56.5. The number of likely N-dealkylation sites (tertiary alicyclic amines) is 1. The predicted molar refractivity (Wildman–Crippen MR) is 107 cm³/mol. The lowest BCUT2D eigenvalue weighted by Gasteiger charge is -2.34. The molecule has 1 spiro atoms. The number of aryl methyl sites for hydroxylation is 1. The van der Waals surface area contributed by atoms with Crippen molar-refractivity contribution < 1.29 is 29.0 Å². The molecular formula is C20H25N5O6. The Labute approximate surface area is 178 Å². The van der Waals surface area contributed by atoms with Crippen molar-refractivity contribution in [3.63, 3.8) is 0 Å². The van der Waals surface area contributed by atoms with Crippen LogP contribution in [0.4, 0.5) is 10.6 Å². The van der Waals surface area contributed by atoms with Gasteiger partial charge in [-0.1, -0.05) is 12.8 Å². The van der Waals surface area contributed by atoms with Crippen LogP contribution >= 0.6 is 0 Å². The third kappa shape index (κ3) is 3.75. The SMILES string of the molecule is Cc1ccc2c(n1)NC(=O)[C@]1(C[C@@H](C(N)=O)N(C(=O)C(CC3CC3)N(C)C(=O)O)C1)O2. The van der Waals surface area contributed by atoms with Crippen LogP contribution in [-0.2, 0) is 14.4 Å². The van der Waals surface area contributed by atoms with Crippen molar-refractivity contribution in [1.29, 1.82) is 0 Å². The lowest BCUT2D eigenvalue weighted by Crippen LogP contribution is -2.55. The number of hydrogen-bond acceptors (Lipinski definition) is 6. The van der Waals surface area contributed by atoms with E-state index in [0.29, 0.717) is 17.9 Å². The molecule has 0 bridgehead atoms. The van der Waals surface area contributed by atoms with E-state index in [1.807, 2.05) is 0 Å². The number of likely N-dealkylation sites (N-methyl/N-ethyl adjacent to an activating group) is 1. The molecule has 4 rings (SSSR count). The molecule has 3 aliphatic rings. The summed E-state index contributed by atoms with van der Waals surface area (Å²) in [5.74, 6) is -0.993. The highest BCUT2D eigenvalue weighted by atomic mass is 16.5. The molecular weight excluding hydrogens is 406 g/mol. The zero-order chi connectivity index (χ0) is 22.5. The van der Waals surface area contributed by atoms with E-state index in [9.17, 15) is 24.3 Å². The Balaban J connectivity index is 1.64. The van der Waals surface area contributed by atoms with Gasteiger partial charge < -0.3 is 25.8 Å². The number of aromatic nitrogens is 1. The Morgan fingerprint density at radius 2 is 2.13 bits per heavy atom. The molecule has 166 valence electrons. The maximum absolute atomic E-state index is 13.4. The second kappa shape index (κ2) is 7.40. The Bertz CT molecular complexity index is 963. The van der Waals surface area contributed by atoms with Gasteiger partial charge in [-0.25, -0.2) is 9.78 Å². The predicted octanol–water partition coefficient (Wildman–Crippen LogP) is 0.324. The standard InChI is InChI=1S/C20H25N5O6/c1-10-3-6-14-16(22-10)23-18(28)20(31-14)8-13(15(21)26)25(9-20)17(27)12(7-11-4-5-11)24(2)19(29)30/h3,6,11-13H,4-5,7-9H2,1-2H3,(H2,21,26)(H,29,30)(H,22,23,28)/t12?,13-,20+/m0/s1. The van der Waals surface area contributed by atoms with Gasteiger partial charge >= 0.3 is 6.09 Å². The van der Waals surface area contributed by atoms with Crippen LogP contribution in [-0.4, -0.2) is 75.0 Å². The molecule has 3 heterocycles. The Kier molecular flexibility index (Phi) is 4.98. The first-order valence-electron chi connectivity index (χ1n) is 10.1. The number of nitrogens with two attached hydrogens (primary N) is 1. The zero-order valence-corrected chi connectivity index (χ0v) is 17.3. The van der Waals surface area contributed by atoms with E-state index < -0.39 is 41.5 Å². The Morgan fingerprint density at radius 1 is 1.42 bits per heavy atom. The van der Waals surface area contributed by atoms with Crippen LogP contribution in [0.2, 0.25) is 0 Å². The summed E-state index contributed by atoms with van der Waals surface area (Å²) in [5, 5.41) is 12.1. The van der Waals surface area contributed by atoms with Gasteiger partial charge in [0.25, 0.3) is 5.91 Å². The molecule has 1 aromatic heterocycles. The number of amides is 4. The molecule has 11 nitrogen and oxygen atoms in total. The molecule has 0 radical (unpaired) electrons. The van der Waals surface area contributed by atoms with Crippen LogP contribution in [0.25, 0.3) is 0 Å². The van der Waals surface area contributed by atoms with E-state index in [1.165, 1.54) is 11.9 Å². The molecule has 3 atom stereocenters. The van der Waals surface area contributed by atoms with Gasteiger partial charge in [0.15, 0.2) is 11.6 Å². The topological polar surface area (TPSA) is 155 Å². The summed E-state index contributed by atoms with van der Waals surface area (Å²) in [7, 11) is 1.33. The summed E-state index contributed by atoms with van der Waals surface area (Å²) in [6, 6.07) is 1.32. The number of nitrogens with one attached hydrogen (secondary N) is 1. The van der Waals surface area contributed by atoms with Crippen LogP contribution in [0.15, 0.2) is 12.1 Å². The smallest absolute Gasteiger partial charge is 0.407 e. The molecule has 1 saturated heterocycles. The first-order valence-corrected chi connectivity index (χ1v) is 10.1. The van der Waals surface area contributed by atoms with Crippen molar-refractivity contribution in [1.82, 2.24) is 14.8 Å². The van der Waals surface area contributed by atoms with Gasteiger partial charge in [-0.2, -0.15) is 0 Å². The molecule has 4 N–H and O–H groups in total. The van der Waals surface area contributed by atoms with Gasteiger partial charge in [0.1, 0.15) is 12.1 Å². The molecule has 1 unspecified atom stereocenters. The maximum Gasteiger partial charge on any atom is 0.407 e. The normalized spacial score (nSPS) is 25.4. The molecule has 4 amide bonds. The highest BCUT2D eigenvalue weighted by molar-refractivity contribution is 6.02. The number of anilines is 1. The molecule has 0 aromatic carbocycles. The Hall–Kier alpha value is -3.37. The number of fused-ring (bicyclic) bond motifs is 1. The van der Waals surface area contributed by atoms with E-state index in [-0.39, 0.29) is 24.7 Å². The molecule has 2 fully saturated rings. The summed E-state index contributed by atoms with van der Waals surface area (Å²) in [5.41, 5.74) is 4.75. The van der Waals surface area contributed by atoms with Gasteiger partial charge in [0.2, 0.25) is 17.4 Å². The summed E-state index contributed by atoms with van der Waals surface area (Å²) in [6.07, 6.45) is 0.839. The second-order valence-corrected chi connectivity index (χ2v) is 8.53. The zero-order valence-electron chi connectivity index (χ0n) is 17.3. The summed E-state index contributed by atoms with van der Waals surface area (Å²) < 4.78 is 5.98. The van der Waals surface area contributed by atoms with Crippen molar-refractivity contribution in [2.24, 2.45) is 11.7 Å². The third-order valence-electron chi connectivity index (χ3n) is 6.19. The first-order chi connectivity index (χ1) is 14.6. The van der Waals surface area contributed by atoms with Crippen LogP contribution in [0.5, 0.6) is 5.75 Å². The molecule has 31 heavy (non-hydrogen) atoms. The molecule has 1 aliphatic carbocycles. The van der Waals surface area contributed by atoms with Gasteiger partial charge in [0, 0.05) is 19.2 Å². The molecule has 1 aromatic rings. The number of carbonyl (C=O) groups is 4. The number of primary amides is 1. The Morgan fingerprint density at radius 3 is 2.74 bits per heavy atom. The number of carbonyl (C=O) groups excluding carboxylic acids is 3. The van der Waals surface area contributed by atoms with E-state index in [2.05, 4.69) is 10.3 Å². The number of hydrogen-bond donors (Lipinski definition) is 3. The minimum absolute atomic E-state index is 0.125. The largest absolute Gasteiger partial charge is 0.472 e. The fourth-order valence-electron chi connectivity index (χ4n) is 4.21. The fourth-order valence-corrected chi connectivity index (χ4v) is 4.21. The molecule has 1 saturated carbocycles. The molecule has 11 heteroatoms. The van der Waals surface area contributed by atoms with E-state index in [1.54, 1.807) is 19.1 Å². The fraction of sp³-hybridized carbons (Fsp3) is 0.550. The van der Waals surface area contributed by atoms with Crippen LogP contribution in [0.1, 0.15) is 31.4 Å².